The molecule has 5 heteroatoms. The molecule has 0 radical (unpaired) electrons. The van der Waals surface area contributed by atoms with Crippen LogP contribution in [-0.4, -0.2) is 29.4 Å². The van der Waals surface area contributed by atoms with E-state index in [9.17, 15) is 0 Å². The van der Waals surface area contributed by atoms with Gasteiger partial charge in [-0.2, -0.15) is 0 Å². The maximum absolute atomic E-state index is 5.97. The normalized spacial score (nSPS) is 11.8. The molecule has 3 nitrogen and oxygen atoms in total. The van der Waals surface area contributed by atoms with E-state index < -0.39 is 0 Å². The van der Waals surface area contributed by atoms with Crippen LogP contribution in [0.1, 0.15) is 26.6 Å². The summed E-state index contributed by atoms with van der Waals surface area (Å²) < 4.78 is 4.99. The molecule has 0 spiro atoms. The predicted molar refractivity (Wildman–Crippen MR) is 68.3 cm³/mol. The van der Waals surface area contributed by atoms with Crippen molar-refractivity contribution in [2.75, 3.05) is 19.5 Å². The van der Waals surface area contributed by atoms with Crippen molar-refractivity contribution in [3.05, 3.63) is 17.0 Å². The third kappa shape index (κ3) is 4.28. The van der Waals surface area contributed by atoms with E-state index in [2.05, 4.69) is 30.7 Å². The maximum atomic E-state index is 5.97. The van der Waals surface area contributed by atoms with Crippen molar-refractivity contribution in [3.8, 4) is 0 Å². The topological polar surface area (TPSA) is 35.0 Å². The SMILES string of the molecule is COCCSc1cc(Cl)nc(C(C)(C)C)n1. The molecule has 0 atom stereocenters. The molecule has 0 saturated carbocycles. The van der Waals surface area contributed by atoms with Crippen LogP contribution in [0.15, 0.2) is 11.1 Å². The molecular weight excluding hydrogens is 244 g/mol. The maximum Gasteiger partial charge on any atom is 0.136 e. The summed E-state index contributed by atoms with van der Waals surface area (Å²) in [5.74, 6) is 1.65. The summed E-state index contributed by atoms with van der Waals surface area (Å²) >= 11 is 7.60. The Kier molecular flexibility index (Phi) is 5.02. The molecule has 16 heavy (non-hydrogen) atoms. The van der Waals surface area contributed by atoms with Gasteiger partial charge >= 0.3 is 0 Å². The highest BCUT2D eigenvalue weighted by molar-refractivity contribution is 7.99. The summed E-state index contributed by atoms with van der Waals surface area (Å²) in [6.07, 6.45) is 0. The second kappa shape index (κ2) is 5.84. The number of thioether (sulfide) groups is 1. The molecule has 0 aromatic carbocycles. The lowest BCUT2D eigenvalue weighted by Crippen LogP contribution is -2.16. The molecule has 0 N–H and O–H groups in total. The average Bonchev–Trinajstić information content (AvgIpc) is 2.16. The van der Waals surface area contributed by atoms with Gasteiger partial charge in [-0.25, -0.2) is 9.97 Å². The van der Waals surface area contributed by atoms with Crippen molar-refractivity contribution in [3.63, 3.8) is 0 Å². The highest BCUT2D eigenvalue weighted by atomic mass is 35.5. The van der Waals surface area contributed by atoms with Crippen LogP contribution in [0.25, 0.3) is 0 Å². The van der Waals surface area contributed by atoms with Gasteiger partial charge in [0.15, 0.2) is 0 Å². The Labute approximate surface area is 106 Å². The highest BCUT2D eigenvalue weighted by Crippen LogP contribution is 2.24. The van der Waals surface area contributed by atoms with Crippen molar-refractivity contribution in [1.82, 2.24) is 9.97 Å². The Bertz CT molecular complexity index is 352. The van der Waals surface area contributed by atoms with Gasteiger partial charge in [0.1, 0.15) is 16.0 Å². The van der Waals surface area contributed by atoms with Gasteiger partial charge in [0.25, 0.3) is 0 Å². The largest absolute Gasteiger partial charge is 0.384 e. The lowest BCUT2D eigenvalue weighted by atomic mass is 9.96. The number of nitrogens with zero attached hydrogens (tertiary/aromatic N) is 2. The quantitative estimate of drug-likeness (QED) is 0.473. The summed E-state index contributed by atoms with van der Waals surface area (Å²) in [5, 5.41) is 1.40. The minimum Gasteiger partial charge on any atom is -0.384 e. The van der Waals surface area contributed by atoms with Gasteiger partial charge in [-0.15, -0.1) is 11.8 Å². The lowest BCUT2D eigenvalue weighted by Gasteiger charge is -2.17. The summed E-state index contributed by atoms with van der Waals surface area (Å²) in [6, 6.07) is 1.79. The first-order chi connectivity index (χ1) is 7.43. The zero-order chi connectivity index (χ0) is 12.2. The Morgan fingerprint density at radius 2 is 2.06 bits per heavy atom. The van der Waals surface area contributed by atoms with Crippen molar-refractivity contribution in [2.24, 2.45) is 0 Å². The number of rotatable bonds is 4. The van der Waals surface area contributed by atoms with Crippen molar-refractivity contribution in [2.45, 2.75) is 31.2 Å². The molecule has 0 unspecified atom stereocenters. The Morgan fingerprint density at radius 3 is 2.62 bits per heavy atom. The van der Waals surface area contributed by atoms with Gasteiger partial charge in [0.05, 0.1) is 6.61 Å². The molecule has 0 fully saturated rings. The van der Waals surface area contributed by atoms with Crippen LogP contribution in [0.2, 0.25) is 5.15 Å². The highest BCUT2D eigenvalue weighted by Gasteiger charge is 2.18. The van der Waals surface area contributed by atoms with Crippen LogP contribution in [0.3, 0.4) is 0 Å². The van der Waals surface area contributed by atoms with Gasteiger partial charge in [-0.3, -0.25) is 0 Å². The molecule has 0 aliphatic carbocycles. The standard InChI is InChI=1S/C11H17ClN2OS/c1-11(2,3)10-13-8(12)7-9(14-10)16-6-5-15-4/h7H,5-6H2,1-4H3. The molecule has 90 valence electrons. The Hall–Kier alpha value is -0.320. The fraction of sp³-hybridized carbons (Fsp3) is 0.636. The van der Waals surface area contributed by atoms with E-state index in [-0.39, 0.29) is 5.41 Å². The van der Waals surface area contributed by atoms with Crippen LogP contribution >= 0.6 is 23.4 Å². The molecule has 1 heterocycles. The van der Waals surface area contributed by atoms with Crippen molar-refractivity contribution >= 4 is 23.4 Å². The van der Waals surface area contributed by atoms with E-state index in [1.165, 1.54) is 0 Å². The molecular formula is C11H17ClN2OS. The first-order valence-corrected chi connectivity index (χ1v) is 6.46. The number of hydrogen-bond acceptors (Lipinski definition) is 4. The summed E-state index contributed by atoms with van der Waals surface area (Å²) in [5.41, 5.74) is -0.0819. The van der Waals surface area contributed by atoms with E-state index in [0.29, 0.717) is 11.8 Å². The number of aromatic nitrogens is 2. The number of halogens is 1. The van der Waals surface area contributed by atoms with Crippen LogP contribution in [0.4, 0.5) is 0 Å². The number of ether oxygens (including phenoxy) is 1. The molecule has 1 rings (SSSR count). The predicted octanol–water partition coefficient (Wildman–Crippen LogP) is 3.17. The third-order valence-corrected chi connectivity index (χ3v) is 2.95. The summed E-state index contributed by atoms with van der Waals surface area (Å²) in [7, 11) is 1.69. The molecule has 0 bridgehead atoms. The van der Waals surface area contributed by atoms with Crippen LogP contribution in [0, 0.1) is 0 Å². The van der Waals surface area contributed by atoms with Crippen molar-refractivity contribution in [1.29, 1.82) is 0 Å². The number of hydrogen-bond donors (Lipinski definition) is 0. The average molecular weight is 261 g/mol. The van der Waals surface area contributed by atoms with Crippen LogP contribution in [0.5, 0.6) is 0 Å². The van der Waals surface area contributed by atoms with Gasteiger partial charge < -0.3 is 4.74 Å². The second-order valence-corrected chi connectivity index (χ2v) is 5.95. The molecule has 0 saturated heterocycles. The Balaban J connectivity index is 2.82. The van der Waals surface area contributed by atoms with Crippen LogP contribution in [-0.2, 0) is 10.2 Å². The second-order valence-electron chi connectivity index (χ2n) is 4.44. The van der Waals surface area contributed by atoms with Crippen molar-refractivity contribution < 1.29 is 4.74 Å². The zero-order valence-electron chi connectivity index (χ0n) is 10.1. The lowest BCUT2D eigenvalue weighted by molar-refractivity contribution is 0.218. The smallest absolute Gasteiger partial charge is 0.136 e. The molecule has 0 amide bonds. The zero-order valence-corrected chi connectivity index (χ0v) is 11.7. The van der Waals surface area contributed by atoms with E-state index in [0.717, 1.165) is 16.6 Å². The molecule has 1 aromatic rings. The van der Waals surface area contributed by atoms with Crippen LogP contribution < -0.4 is 0 Å². The van der Waals surface area contributed by atoms with Gasteiger partial charge in [0, 0.05) is 24.3 Å². The van der Waals surface area contributed by atoms with Gasteiger partial charge in [-0.1, -0.05) is 32.4 Å². The minimum absolute atomic E-state index is 0.0819. The Morgan fingerprint density at radius 1 is 1.38 bits per heavy atom. The fourth-order valence-electron chi connectivity index (χ4n) is 1.04. The monoisotopic (exact) mass is 260 g/mol. The molecule has 0 aliphatic rings. The summed E-state index contributed by atoms with van der Waals surface area (Å²) in [4.78, 5) is 8.73. The summed E-state index contributed by atoms with van der Waals surface area (Å²) in [6.45, 7) is 6.92. The van der Waals surface area contributed by atoms with E-state index in [1.54, 1.807) is 24.9 Å². The van der Waals surface area contributed by atoms with E-state index in [1.807, 2.05) is 0 Å². The van der Waals surface area contributed by atoms with Gasteiger partial charge in [0.2, 0.25) is 0 Å². The fourth-order valence-corrected chi connectivity index (χ4v) is 2.09. The third-order valence-electron chi connectivity index (χ3n) is 1.88. The first-order valence-electron chi connectivity index (χ1n) is 5.10. The minimum atomic E-state index is -0.0819. The van der Waals surface area contributed by atoms with E-state index >= 15 is 0 Å². The van der Waals surface area contributed by atoms with Gasteiger partial charge in [-0.05, 0) is 0 Å². The van der Waals surface area contributed by atoms with E-state index in [4.69, 9.17) is 16.3 Å². The molecule has 0 aliphatic heterocycles. The molecule has 1 aromatic heterocycles. The first kappa shape index (κ1) is 13.7. The number of methoxy groups -OCH3 is 1.